The lowest BCUT2D eigenvalue weighted by atomic mass is 10.1. The van der Waals surface area contributed by atoms with Gasteiger partial charge in [0, 0.05) is 31.5 Å². The summed E-state index contributed by atoms with van der Waals surface area (Å²) in [5.41, 5.74) is 2.35. The molecular formula is C13H23N3. The number of pyridine rings is 1. The van der Waals surface area contributed by atoms with Crippen molar-refractivity contribution in [2.24, 2.45) is 0 Å². The van der Waals surface area contributed by atoms with Gasteiger partial charge in [0.25, 0.3) is 0 Å². The lowest BCUT2D eigenvalue weighted by Crippen LogP contribution is -2.30. The van der Waals surface area contributed by atoms with Crippen molar-refractivity contribution in [1.82, 2.24) is 10.3 Å². The first kappa shape index (κ1) is 13.0. The zero-order chi connectivity index (χ0) is 12.0. The van der Waals surface area contributed by atoms with Crippen LogP contribution in [0.25, 0.3) is 0 Å². The molecule has 0 unspecified atom stereocenters. The molecular weight excluding hydrogens is 198 g/mol. The molecule has 1 aromatic heterocycles. The third kappa shape index (κ3) is 3.20. The predicted molar refractivity (Wildman–Crippen MR) is 69.8 cm³/mol. The van der Waals surface area contributed by atoms with Crippen LogP contribution in [0.3, 0.4) is 0 Å². The van der Waals surface area contributed by atoms with Crippen LogP contribution in [0.4, 0.5) is 5.69 Å². The molecule has 0 amide bonds. The molecule has 0 fully saturated rings. The number of nitrogens with zero attached hydrogens (tertiary/aromatic N) is 2. The minimum atomic E-state index is 0.616. The van der Waals surface area contributed by atoms with Gasteiger partial charge in [-0.15, -0.1) is 0 Å². The van der Waals surface area contributed by atoms with Gasteiger partial charge in [-0.05, 0) is 32.0 Å². The van der Waals surface area contributed by atoms with E-state index in [1.807, 2.05) is 13.2 Å². The first-order valence-corrected chi connectivity index (χ1v) is 6.05. The highest BCUT2D eigenvalue weighted by atomic mass is 15.1. The summed E-state index contributed by atoms with van der Waals surface area (Å²) in [7, 11) is 4.11. The first-order valence-electron chi connectivity index (χ1n) is 6.05. The summed E-state index contributed by atoms with van der Waals surface area (Å²) in [4.78, 5) is 6.68. The van der Waals surface area contributed by atoms with Crippen LogP contribution in [0.1, 0.15) is 32.4 Å². The van der Waals surface area contributed by atoms with E-state index in [4.69, 9.17) is 0 Å². The number of aromatic nitrogens is 1. The van der Waals surface area contributed by atoms with E-state index in [-0.39, 0.29) is 0 Å². The van der Waals surface area contributed by atoms with E-state index in [0.717, 1.165) is 12.2 Å². The van der Waals surface area contributed by atoms with Gasteiger partial charge in [0.2, 0.25) is 0 Å². The minimum Gasteiger partial charge on any atom is -0.372 e. The quantitative estimate of drug-likeness (QED) is 0.799. The normalized spacial score (nSPS) is 10.8. The van der Waals surface area contributed by atoms with Gasteiger partial charge in [-0.25, -0.2) is 0 Å². The molecule has 0 saturated carbocycles. The van der Waals surface area contributed by atoms with Crippen LogP contribution in [0.2, 0.25) is 0 Å². The van der Waals surface area contributed by atoms with E-state index < -0.39 is 0 Å². The number of rotatable bonds is 6. The summed E-state index contributed by atoms with van der Waals surface area (Å²) in [6.45, 7) is 5.30. The molecule has 0 aliphatic rings. The molecule has 0 aliphatic heterocycles. The molecule has 3 nitrogen and oxygen atoms in total. The zero-order valence-corrected chi connectivity index (χ0v) is 10.8. The second-order valence-electron chi connectivity index (χ2n) is 4.12. The summed E-state index contributed by atoms with van der Waals surface area (Å²) in [5.74, 6) is 0. The van der Waals surface area contributed by atoms with Gasteiger partial charge in [-0.2, -0.15) is 0 Å². The highest BCUT2D eigenvalue weighted by Gasteiger charge is 2.11. The van der Waals surface area contributed by atoms with Gasteiger partial charge in [-0.3, -0.25) is 4.98 Å². The molecule has 0 aromatic carbocycles. The molecule has 0 aliphatic carbocycles. The van der Waals surface area contributed by atoms with Crippen molar-refractivity contribution in [3.05, 3.63) is 24.0 Å². The number of hydrogen-bond donors (Lipinski definition) is 1. The van der Waals surface area contributed by atoms with Crippen molar-refractivity contribution in [2.75, 3.05) is 19.0 Å². The smallest absolute Gasteiger partial charge is 0.0562 e. The zero-order valence-electron chi connectivity index (χ0n) is 10.8. The lowest BCUT2D eigenvalue weighted by Gasteiger charge is -2.28. The number of anilines is 1. The van der Waals surface area contributed by atoms with Crippen molar-refractivity contribution in [3.63, 3.8) is 0 Å². The molecule has 1 heterocycles. The SMILES string of the molecule is CCC(CC)N(C)c1ccnc(CNC)c1. The summed E-state index contributed by atoms with van der Waals surface area (Å²) < 4.78 is 0. The van der Waals surface area contributed by atoms with E-state index in [1.165, 1.54) is 18.5 Å². The second-order valence-corrected chi connectivity index (χ2v) is 4.12. The van der Waals surface area contributed by atoms with Gasteiger partial charge < -0.3 is 10.2 Å². The highest BCUT2D eigenvalue weighted by Crippen LogP contribution is 2.18. The molecule has 1 N–H and O–H groups in total. The standard InChI is InChI=1S/C13H23N3/c1-5-12(6-2)16(4)13-7-8-15-11(9-13)10-14-3/h7-9,12,14H,5-6,10H2,1-4H3. The van der Waals surface area contributed by atoms with Gasteiger partial charge in [0.15, 0.2) is 0 Å². The largest absolute Gasteiger partial charge is 0.372 e. The maximum atomic E-state index is 4.33. The summed E-state index contributed by atoms with van der Waals surface area (Å²) >= 11 is 0. The van der Waals surface area contributed by atoms with Crippen LogP contribution >= 0.6 is 0 Å². The van der Waals surface area contributed by atoms with Crippen molar-refractivity contribution < 1.29 is 0 Å². The Balaban J connectivity index is 2.81. The van der Waals surface area contributed by atoms with Crippen molar-refractivity contribution >= 4 is 5.69 Å². The highest BCUT2D eigenvalue weighted by molar-refractivity contribution is 5.46. The Bertz CT molecular complexity index is 308. The first-order chi connectivity index (χ1) is 7.72. The van der Waals surface area contributed by atoms with Gasteiger partial charge in [0.05, 0.1) is 5.69 Å². The molecule has 16 heavy (non-hydrogen) atoms. The molecule has 0 saturated heterocycles. The Hall–Kier alpha value is -1.09. The molecule has 0 radical (unpaired) electrons. The van der Waals surface area contributed by atoms with Crippen LogP contribution in [0.15, 0.2) is 18.3 Å². The van der Waals surface area contributed by atoms with E-state index in [9.17, 15) is 0 Å². The Morgan fingerprint density at radius 1 is 1.38 bits per heavy atom. The Kier molecular flexibility index (Phi) is 5.26. The fourth-order valence-electron chi connectivity index (χ4n) is 2.01. The third-order valence-electron chi connectivity index (χ3n) is 3.06. The maximum Gasteiger partial charge on any atom is 0.0562 e. The van der Waals surface area contributed by atoms with E-state index >= 15 is 0 Å². The second kappa shape index (κ2) is 6.48. The third-order valence-corrected chi connectivity index (χ3v) is 3.06. The van der Waals surface area contributed by atoms with Crippen molar-refractivity contribution in [1.29, 1.82) is 0 Å². The molecule has 90 valence electrons. The van der Waals surface area contributed by atoms with Crippen LogP contribution in [-0.2, 0) is 6.54 Å². The molecule has 1 aromatic rings. The van der Waals surface area contributed by atoms with E-state index in [2.05, 4.69) is 48.2 Å². The molecule has 0 spiro atoms. The summed E-state index contributed by atoms with van der Waals surface area (Å²) in [6, 6.07) is 4.86. The predicted octanol–water partition coefficient (Wildman–Crippen LogP) is 2.43. The Morgan fingerprint density at radius 3 is 2.62 bits per heavy atom. The minimum absolute atomic E-state index is 0.616. The average molecular weight is 221 g/mol. The van der Waals surface area contributed by atoms with Crippen molar-refractivity contribution in [2.45, 2.75) is 39.3 Å². The van der Waals surface area contributed by atoms with E-state index in [0.29, 0.717) is 6.04 Å². The van der Waals surface area contributed by atoms with Crippen LogP contribution < -0.4 is 10.2 Å². The Morgan fingerprint density at radius 2 is 2.06 bits per heavy atom. The fraction of sp³-hybridized carbons (Fsp3) is 0.615. The average Bonchev–Trinajstić information content (AvgIpc) is 2.31. The number of nitrogens with one attached hydrogen (secondary N) is 1. The lowest BCUT2D eigenvalue weighted by molar-refractivity contribution is 0.591. The fourth-order valence-corrected chi connectivity index (χ4v) is 2.01. The molecule has 1 rings (SSSR count). The monoisotopic (exact) mass is 221 g/mol. The number of hydrogen-bond acceptors (Lipinski definition) is 3. The Labute approximate surface area is 98.9 Å². The molecule has 0 atom stereocenters. The summed E-state index contributed by atoms with van der Waals surface area (Å²) in [6.07, 6.45) is 4.24. The van der Waals surface area contributed by atoms with Crippen LogP contribution in [0.5, 0.6) is 0 Å². The maximum absolute atomic E-state index is 4.33. The summed E-state index contributed by atoms with van der Waals surface area (Å²) in [5, 5.41) is 3.13. The van der Waals surface area contributed by atoms with Crippen LogP contribution in [0, 0.1) is 0 Å². The van der Waals surface area contributed by atoms with Gasteiger partial charge in [-0.1, -0.05) is 13.8 Å². The topological polar surface area (TPSA) is 28.2 Å². The van der Waals surface area contributed by atoms with E-state index in [1.54, 1.807) is 0 Å². The van der Waals surface area contributed by atoms with Crippen molar-refractivity contribution in [3.8, 4) is 0 Å². The molecule has 0 bridgehead atoms. The van der Waals surface area contributed by atoms with Crippen LogP contribution in [-0.4, -0.2) is 25.1 Å². The van der Waals surface area contributed by atoms with Gasteiger partial charge in [0.1, 0.15) is 0 Å². The van der Waals surface area contributed by atoms with Gasteiger partial charge >= 0.3 is 0 Å². The molecule has 3 heteroatoms.